The van der Waals surface area contributed by atoms with Gasteiger partial charge in [0.05, 0.1) is 12.1 Å². The van der Waals surface area contributed by atoms with Crippen LogP contribution in [-0.4, -0.2) is 16.8 Å². The molecular formula is C18H12Cl3FN2O. The highest BCUT2D eigenvalue weighted by Gasteiger charge is 2.20. The number of aromatic nitrogens is 1. The van der Waals surface area contributed by atoms with Crippen LogP contribution in [0.4, 0.5) is 10.2 Å². The van der Waals surface area contributed by atoms with Crippen molar-refractivity contribution in [2.75, 3.05) is 10.8 Å². The van der Waals surface area contributed by atoms with Crippen LogP contribution in [0, 0.1) is 5.82 Å². The van der Waals surface area contributed by atoms with Crippen molar-refractivity contribution in [3.8, 4) is 0 Å². The first-order chi connectivity index (χ1) is 12.0. The Bertz CT molecular complexity index is 929. The molecular weight excluding hydrogens is 386 g/mol. The maximum Gasteiger partial charge on any atom is 0.243 e. The van der Waals surface area contributed by atoms with Crippen LogP contribution in [0.3, 0.4) is 0 Å². The van der Waals surface area contributed by atoms with Gasteiger partial charge in [0.25, 0.3) is 0 Å². The Morgan fingerprint density at radius 2 is 1.92 bits per heavy atom. The predicted molar refractivity (Wildman–Crippen MR) is 100 cm³/mol. The van der Waals surface area contributed by atoms with Gasteiger partial charge in [0.2, 0.25) is 5.91 Å². The third-order valence-corrected chi connectivity index (χ3v) is 4.52. The highest BCUT2D eigenvalue weighted by molar-refractivity contribution is 6.32. The predicted octanol–water partition coefficient (Wildman–Crippen LogP) is 5.45. The van der Waals surface area contributed by atoms with E-state index in [9.17, 15) is 9.18 Å². The van der Waals surface area contributed by atoms with Crippen molar-refractivity contribution in [3.63, 3.8) is 0 Å². The second-order valence-corrected chi connectivity index (χ2v) is 6.43. The van der Waals surface area contributed by atoms with Crippen molar-refractivity contribution in [1.29, 1.82) is 0 Å². The van der Waals surface area contributed by atoms with Crippen LogP contribution in [0.25, 0.3) is 10.9 Å². The second-order valence-electron chi connectivity index (χ2n) is 5.32. The fraction of sp³-hybridized carbons (Fsp3) is 0.111. The normalized spacial score (nSPS) is 10.9. The number of pyridine rings is 1. The molecule has 1 heterocycles. The van der Waals surface area contributed by atoms with E-state index in [4.69, 9.17) is 34.8 Å². The molecule has 0 unspecified atom stereocenters. The number of carbonyl (C=O) groups excluding carboxylic acids is 1. The summed E-state index contributed by atoms with van der Waals surface area (Å²) in [5.41, 5.74) is 0.870. The van der Waals surface area contributed by atoms with Crippen LogP contribution in [0.15, 0.2) is 48.5 Å². The van der Waals surface area contributed by atoms with Gasteiger partial charge in [-0.05, 0) is 42.5 Å². The lowest BCUT2D eigenvalue weighted by Gasteiger charge is -2.22. The number of rotatable bonds is 4. The summed E-state index contributed by atoms with van der Waals surface area (Å²) >= 11 is 17.8. The molecule has 0 saturated carbocycles. The van der Waals surface area contributed by atoms with Crippen LogP contribution in [0.5, 0.6) is 0 Å². The third-order valence-electron chi connectivity index (χ3n) is 3.71. The summed E-state index contributed by atoms with van der Waals surface area (Å²) in [5.74, 6) is -0.791. The molecule has 2 aromatic carbocycles. The highest BCUT2D eigenvalue weighted by Crippen LogP contribution is 2.26. The monoisotopic (exact) mass is 396 g/mol. The quantitative estimate of drug-likeness (QED) is 0.548. The summed E-state index contributed by atoms with van der Waals surface area (Å²) < 4.78 is 14.1. The smallest absolute Gasteiger partial charge is 0.243 e. The molecule has 3 aromatic rings. The highest BCUT2D eigenvalue weighted by atomic mass is 35.5. The van der Waals surface area contributed by atoms with Crippen LogP contribution < -0.4 is 4.90 Å². The SMILES string of the molecule is O=C(CCl)N(Cc1c(F)cccc1Cl)c1ccc2cc(Cl)ccc2n1. The number of amides is 1. The lowest BCUT2D eigenvalue weighted by atomic mass is 10.2. The minimum Gasteiger partial charge on any atom is -0.291 e. The molecule has 0 saturated heterocycles. The maximum atomic E-state index is 14.1. The summed E-state index contributed by atoms with van der Waals surface area (Å²) in [4.78, 5) is 18.1. The van der Waals surface area contributed by atoms with E-state index < -0.39 is 11.7 Å². The Balaban J connectivity index is 2.04. The fourth-order valence-corrected chi connectivity index (χ4v) is 2.99. The van der Waals surface area contributed by atoms with E-state index in [1.165, 1.54) is 17.0 Å². The average molecular weight is 398 g/mol. The molecule has 0 fully saturated rings. The number of halogens is 4. The minimum absolute atomic E-state index is 0.0663. The molecule has 0 N–H and O–H groups in total. The Morgan fingerprint density at radius 3 is 2.64 bits per heavy atom. The van der Waals surface area contributed by atoms with Gasteiger partial charge in [-0.25, -0.2) is 9.37 Å². The van der Waals surface area contributed by atoms with Crippen molar-refractivity contribution < 1.29 is 9.18 Å². The molecule has 0 aliphatic heterocycles. The second kappa shape index (κ2) is 7.56. The first-order valence-electron chi connectivity index (χ1n) is 7.35. The lowest BCUT2D eigenvalue weighted by molar-refractivity contribution is -0.116. The zero-order valence-electron chi connectivity index (χ0n) is 12.8. The van der Waals surface area contributed by atoms with Crippen LogP contribution >= 0.6 is 34.8 Å². The maximum absolute atomic E-state index is 14.1. The topological polar surface area (TPSA) is 33.2 Å². The molecule has 0 radical (unpaired) electrons. The molecule has 25 heavy (non-hydrogen) atoms. The van der Waals surface area contributed by atoms with E-state index in [0.717, 1.165) is 5.39 Å². The molecule has 0 bridgehead atoms. The van der Waals surface area contributed by atoms with E-state index in [1.807, 2.05) is 0 Å². The van der Waals surface area contributed by atoms with Crippen LogP contribution in [0.2, 0.25) is 10.0 Å². The van der Waals surface area contributed by atoms with Crippen molar-refractivity contribution >= 4 is 57.4 Å². The lowest BCUT2D eigenvalue weighted by Crippen LogP contribution is -2.32. The molecule has 0 atom stereocenters. The first-order valence-corrected chi connectivity index (χ1v) is 8.64. The molecule has 7 heteroatoms. The van der Waals surface area contributed by atoms with Crippen molar-refractivity contribution in [3.05, 3.63) is 70.0 Å². The molecule has 128 valence electrons. The molecule has 0 aliphatic rings. The molecule has 3 nitrogen and oxygen atoms in total. The largest absolute Gasteiger partial charge is 0.291 e. The first kappa shape index (κ1) is 17.9. The Kier molecular flexibility index (Phi) is 5.42. The Morgan fingerprint density at radius 1 is 1.12 bits per heavy atom. The van der Waals surface area contributed by atoms with Gasteiger partial charge in [-0.3, -0.25) is 9.69 Å². The summed E-state index contributed by atoms with van der Waals surface area (Å²) in [6, 6.07) is 13.1. The number of fused-ring (bicyclic) bond motifs is 1. The van der Waals surface area contributed by atoms with Gasteiger partial charge >= 0.3 is 0 Å². The number of carbonyl (C=O) groups is 1. The summed E-state index contributed by atoms with van der Waals surface area (Å²) in [7, 11) is 0. The minimum atomic E-state index is -0.493. The van der Waals surface area contributed by atoms with Gasteiger partial charge in [-0.2, -0.15) is 0 Å². The Hall–Kier alpha value is -1.88. The van der Waals surface area contributed by atoms with Gasteiger partial charge in [0.1, 0.15) is 17.5 Å². The molecule has 1 aromatic heterocycles. The van der Waals surface area contributed by atoms with Gasteiger partial charge in [0.15, 0.2) is 0 Å². The van der Waals surface area contributed by atoms with Gasteiger partial charge in [0, 0.05) is 21.0 Å². The van der Waals surface area contributed by atoms with Crippen molar-refractivity contribution in [2.24, 2.45) is 0 Å². The number of hydrogen-bond acceptors (Lipinski definition) is 2. The molecule has 1 amide bonds. The zero-order valence-corrected chi connectivity index (χ0v) is 15.1. The average Bonchev–Trinajstić information content (AvgIpc) is 2.60. The van der Waals surface area contributed by atoms with Crippen molar-refractivity contribution in [2.45, 2.75) is 6.54 Å². The van der Waals surface area contributed by atoms with E-state index in [1.54, 1.807) is 36.4 Å². The fourth-order valence-electron chi connectivity index (χ4n) is 2.45. The standard InChI is InChI=1S/C18H12Cl3FN2O/c19-9-18(25)24(10-13-14(21)2-1-3-15(13)22)17-7-4-11-8-12(20)5-6-16(11)23-17/h1-8H,9-10H2. The number of hydrogen-bond donors (Lipinski definition) is 0. The summed E-state index contributed by atoms with van der Waals surface area (Å²) in [5, 5.41) is 1.66. The van der Waals surface area contributed by atoms with Gasteiger partial charge in [-0.15, -0.1) is 11.6 Å². The van der Waals surface area contributed by atoms with Crippen molar-refractivity contribution in [1.82, 2.24) is 4.98 Å². The van der Waals surface area contributed by atoms with Crippen LogP contribution in [0.1, 0.15) is 5.56 Å². The number of nitrogens with zero attached hydrogens (tertiary/aromatic N) is 2. The molecule has 3 rings (SSSR count). The van der Waals surface area contributed by atoms with Gasteiger partial charge in [-0.1, -0.05) is 29.3 Å². The molecule has 0 aliphatic carbocycles. The van der Waals surface area contributed by atoms with E-state index >= 15 is 0 Å². The molecule has 0 spiro atoms. The van der Waals surface area contributed by atoms with E-state index in [0.29, 0.717) is 16.4 Å². The summed E-state index contributed by atoms with van der Waals surface area (Å²) in [6.07, 6.45) is 0. The van der Waals surface area contributed by atoms with E-state index in [-0.39, 0.29) is 23.0 Å². The third kappa shape index (κ3) is 3.87. The Labute approximate surface area is 158 Å². The van der Waals surface area contributed by atoms with Crippen LogP contribution in [-0.2, 0) is 11.3 Å². The number of benzene rings is 2. The summed E-state index contributed by atoms with van der Waals surface area (Å²) in [6.45, 7) is -0.0663. The number of alkyl halides is 1. The van der Waals surface area contributed by atoms with Gasteiger partial charge < -0.3 is 0 Å². The number of anilines is 1. The van der Waals surface area contributed by atoms with E-state index in [2.05, 4.69) is 4.98 Å². The zero-order chi connectivity index (χ0) is 18.0.